The molecule has 1 heterocycles. The summed E-state index contributed by atoms with van der Waals surface area (Å²) >= 11 is 4.82. The van der Waals surface area contributed by atoms with E-state index in [-0.39, 0.29) is 0 Å². The molecule has 0 radical (unpaired) electrons. The summed E-state index contributed by atoms with van der Waals surface area (Å²) in [6.45, 7) is 0. The number of nitrogens with zero attached hydrogens (tertiary/aromatic N) is 1. The van der Waals surface area contributed by atoms with Crippen molar-refractivity contribution in [1.82, 2.24) is 5.43 Å². The fraction of sp³-hybridized carbons (Fsp3) is 0. The van der Waals surface area contributed by atoms with Crippen molar-refractivity contribution in [2.75, 3.05) is 0 Å². The number of amides is 2. The number of nitrogens with one attached hydrogen (secondary N) is 1. The summed E-state index contributed by atoms with van der Waals surface area (Å²) < 4.78 is 0.947. The van der Waals surface area contributed by atoms with Gasteiger partial charge in [0.05, 0.1) is 11.1 Å². The third-order valence-electron chi connectivity index (χ3n) is 1.00. The van der Waals surface area contributed by atoms with Gasteiger partial charge in [-0.3, -0.25) is 0 Å². The Morgan fingerprint density at radius 1 is 1.83 bits per heavy atom. The molecule has 0 aliphatic heterocycles. The van der Waals surface area contributed by atoms with Crippen LogP contribution in [0.15, 0.2) is 21.0 Å². The van der Waals surface area contributed by atoms with E-state index in [1.807, 2.05) is 11.4 Å². The van der Waals surface area contributed by atoms with Crippen LogP contribution in [0.5, 0.6) is 0 Å². The third-order valence-corrected chi connectivity index (χ3v) is 2.81. The largest absolute Gasteiger partial charge is 0.350 e. The molecule has 1 aromatic heterocycles. The summed E-state index contributed by atoms with van der Waals surface area (Å²) in [5.74, 6) is 0. The second kappa shape index (κ2) is 4.22. The first-order valence-electron chi connectivity index (χ1n) is 3.01. The van der Waals surface area contributed by atoms with Crippen molar-refractivity contribution in [1.29, 1.82) is 0 Å². The molecule has 0 unspecified atom stereocenters. The molecule has 0 aliphatic carbocycles. The van der Waals surface area contributed by atoms with E-state index in [1.54, 1.807) is 0 Å². The van der Waals surface area contributed by atoms with Crippen LogP contribution >= 0.6 is 27.3 Å². The number of carbonyl (C=O) groups excluding carboxylic acids is 1. The number of hydrogen-bond acceptors (Lipinski definition) is 3. The molecular formula is C6H6BrN3OS. The highest BCUT2D eigenvalue weighted by atomic mass is 79.9. The number of hydrogen-bond donors (Lipinski definition) is 2. The van der Waals surface area contributed by atoms with Gasteiger partial charge in [-0.05, 0) is 27.4 Å². The van der Waals surface area contributed by atoms with E-state index in [1.165, 1.54) is 17.6 Å². The van der Waals surface area contributed by atoms with E-state index in [9.17, 15) is 4.79 Å². The molecule has 0 saturated heterocycles. The normalized spacial score (nSPS) is 10.4. The molecule has 0 fully saturated rings. The Hall–Kier alpha value is -0.880. The van der Waals surface area contributed by atoms with Crippen LogP contribution in [0.1, 0.15) is 4.88 Å². The number of hydrazone groups is 1. The van der Waals surface area contributed by atoms with Gasteiger partial charge in [-0.15, -0.1) is 11.3 Å². The summed E-state index contributed by atoms with van der Waals surface area (Å²) in [4.78, 5) is 11.1. The Labute approximate surface area is 81.6 Å². The standard InChI is InChI=1S/C6H6BrN3OS/c7-4-1-2-12-5(4)3-9-10-6(8)11/h1-3H,(H3,8,10,11). The lowest BCUT2D eigenvalue weighted by molar-refractivity contribution is 0.249. The molecule has 6 heteroatoms. The predicted octanol–water partition coefficient (Wildman–Crippen LogP) is 1.51. The Bertz CT molecular complexity index is 309. The summed E-state index contributed by atoms with van der Waals surface area (Å²) in [5, 5.41) is 5.52. The summed E-state index contributed by atoms with van der Waals surface area (Å²) in [6.07, 6.45) is 1.53. The Morgan fingerprint density at radius 2 is 2.58 bits per heavy atom. The summed E-state index contributed by atoms with van der Waals surface area (Å²) in [5.41, 5.74) is 6.90. The molecule has 64 valence electrons. The number of rotatable bonds is 2. The van der Waals surface area contributed by atoms with Crippen LogP contribution < -0.4 is 11.2 Å². The molecule has 0 bridgehead atoms. The molecule has 2 amide bonds. The smallest absolute Gasteiger partial charge is 0.332 e. The van der Waals surface area contributed by atoms with E-state index in [0.29, 0.717) is 0 Å². The Balaban J connectivity index is 2.57. The minimum atomic E-state index is -0.668. The van der Waals surface area contributed by atoms with Crippen LogP contribution in [0.4, 0.5) is 4.79 Å². The maximum absolute atomic E-state index is 10.2. The van der Waals surface area contributed by atoms with Crippen LogP contribution in [0.3, 0.4) is 0 Å². The van der Waals surface area contributed by atoms with Crippen LogP contribution in [0.25, 0.3) is 0 Å². The molecule has 3 N–H and O–H groups in total. The van der Waals surface area contributed by atoms with Gasteiger partial charge >= 0.3 is 6.03 Å². The van der Waals surface area contributed by atoms with Crippen molar-refractivity contribution < 1.29 is 4.79 Å². The van der Waals surface area contributed by atoms with E-state index >= 15 is 0 Å². The first kappa shape index (κ1) is 9.21. The number of thiophene rings is 1. The molecule has 1 rings (SSSR count). The van der Waals surface area contributed by atoms with Crippen LogP contribution in [-0.2, 0) is 0 Å². The SMILES string of the molecule is NC(=O)NN=Cc1sccc1Br. The zero-order valence-corrected chi connectivity index (χ0v) is 8.35. The van der Waals surface area contributed by atoms with Gasteiger partial charge < -0.3 is 5.73 Å². The van der Waals surface area contributed by atoms with Crippen molar-refractivity contribution >= 4 is 39.5 Å². The van der Waals surface area contributed by atoms with E-state index < -0.39 is 6.03 Å². The molecule has 0 saturated carbocycles. The van der Waals surface area contributed by atoms with Crippen molar-refractivity contribution in [3.63, 3.8) is 0 Å². The van der Waals surface area contributed by atoms with Crippen molar-refractivity contribution in [3.05, 3.63) is 20.8 Å². The molecule has 1 aromatic rings. The minimum Gasteiger partial charge on any atom is -0.350 e. The summed E-state index contributed by atoms with van der Waals surface area (Å²) in [6, 6.07) is 1.23. The second-order valence-corrected chi connectivity index (χ2v) is 3.67. The third kappa shape index (κ3) is 2.63. The zero-order chi connectivity index (χ0) is 8.97. The minimum absolute atomic E-state index is 0.668. The lowest BCUT2D eigenvalue weighted by Gasteiger charge is -1.89. The Morgan fingerprint density at radius 3 is 3.08 bits per heavy atom. The highest BCUT2D eigenvalue weighted by molar-refractivity contribution is 9.10. The van der Waals surface area contributed by atoms with Crippen molar-refractivity contribution in [2.45, 2.75) is 0 Å². The molecule has 4 nitrogen and oxygen atoms in total. The number of nitrogens with two attached hydrogens (primary N) is 1. The van der Waals surface area contributed by atoms with Crippen molar-refractivity contribution in [3.8, 4) is 0 Å². The van der Waals surface area contributed by atoms with Gasteiger partial charge in [0.2, 0.25) is 0 Å². The maximum atomic E-state index is 10.2. The number of primary amides is 1. The quantitative estimate of drug-likeness (QED) is 0.604. The summed E-state index contributed by atoms with van der Waals surface area (Å²) in [7, 11) is 0. The number of halogens is 1. The fourth-order valence-corrected chi connectivity index (χ4v) is 1.89. The van der Waals surface area contributed by atoms with Gasteiger partial charge in [-0.1, -0.05) is 0 Å². The Kier molecular flexibility index (Phi) is 3.24. The first-order valence-corrected chi connectivity index (χ1v) is 4.69. The first-order chi connectivity index (χ1) is 5.70. The predicted molar refractivity (Wildman–Crippen MR) is 52.3 cm³/mol. The second-order valence-electron chi connectivity index (χ2n) is 1.87. The molecule has 0 aliphatic rings. The van der Waals surface area contributed by atoms with Gasteiger partial charge in [-0.2, -0.15) is 5.10 Å². The molecule has 0 aromatic carbocycles. The maximum Gasteiger partial charge on any atom is 0.332 e. The van der Waals surface area contributed by atoms with Crippen LogP contribution in [-0.4, -0.2) is 12.2 Å². The fourth-order valence-electron chi connectivity index (χ4n) is 0.552. The van der Waals surface area contributed by atoms with E-state index in [0.717, 1.165) is 9.35 Å². The van der Waals surface area contributed by atoms with Crippen LogP contribution in [0, 0.1) is 0 Å². The number of urea groups is 1. The molecule has 0 spiro atoms. The average molecular weight is 248 g/mol. The van der Waals surface area contributed by atoms with E-state index in [4.69, 9.17) is 5.73 Å². The van der Waals surface area contributed by atoms with Gasteiger partial charge in [0.1, 0.15) is 0 Å². The lowest BCUT2D eigenvalue weighted by Crippen LogP contribution is -2.24. The van der Waals surface area contributed by atoms with E-state index in [2.05, 4.69) is 26.5 Å². The highest BCUT2D eigenvalue weighted by Gasteiger charge is 1.96. The van der Waals surface area contributed by atoms with Gasteiger partial charge in [0.15, 0.2) is 0 Å². The lowest BCUT2D eigenvalue weighted by atomic mass is 10.5. The van der Waals surface area contributed by atoms with Gasteiger partial charge in [0, 0.05) is 4.47 Å². The van der Waals surface area contributed by atoms with Gasteiger partial charge in [0.25, 0.3) is 0 Å². The molecule has 12 heavy (non-hydrogen) atoms. The topological polar surface area (TPSA) is 67.5 Å². The van der Waals surface area contributed by atoms with Crippen LogP contribution in [0.2, 0.25) is 0 Å². The highest BCUT2D eigenvalue weighted by Crippen LogP contribution is 2.19. The zero-order valence-electron chi connectivity index (χ0n) is 5.95. The monoisotopic (exact) mass is 247 g/mol. The number of carbonyl (C=O) groups is 1. The van der Waals surface area contributed by atoms with Crippen molar-refractivity contribution in [2.24, 2.45) is 10.8 Å². The average Bonchev–Trinajstić information content (AvgIpc) is 2.36. The van der Waals surface area contributed by atoms with Gasteiger partial charge in [-0.25, -0.2) is 10.2 Å². The molecule has 0 atom stereocenters. The molecular weight excluding hydrogens is 242 g/mol.